The minimum Gasteiger partial charge on any atom is -0.481 e. The molecule has 0 spiro atoms. The number of allylic oxidation sites excluding steroid dienone is 8. The number of sulfonamides is 1. The quantitative estimate of drug-likeness (QED) is 0.0249. The summed E-state index contributed by atoms with van der Waals surface area (Å²) in [6.45, 7) is 1.82. The summed E-state index contributed by atoms with van der Waals surface area (Å²) in [4.78, 5) is 142. The molecule has 22 unspecified atom stereocenters. The number of primary sulfonamides is 1. The highest BCUT2D eigenvalue weighted by atomic mass is 127. The van der Waals surface area contributed by atoms with E-state index in [2.05, 4.69) is 114 Å². The summed E-state index contributed by atoms with van der Waals surface area (Å²) in [5.41, 5.74) is 4.30. The number of carboxylic acid groups (broad SMARTS) is 6. The molecule has 5 fully saturated rings. The summed E-state index contributed by atoms with van der Waals surface area (Å²) in [7, 11) is -3.79. The van der Waals surface area contributed by atoms with E-state index in [4.69, 9.17) is 14.6 Å². The first kappa shape index (κ1) is 95.3. The van der Waals surface area contributed by atoms with Crippen molar-refractivity contribution in [2.45, 2.75) is 74.7 Å². The van der Waals surface area contributed by atoms with Crippen LogP contribution in [0, 0.1) is 114 Å². The maximum atomic E-state index is 12.5. The van der Waals surface area contributed by atoms with Crippen LogP contribution >= 0.6 is 77.0 Å². The minimum atomic E-state index is -4.79. The zero-order valence-electron chi connectivity index (χ0n) is 66.7. The Labute approximate surface area is 768 Å². The van der Waals surface area contributed by atoms with E-state index in [1.54, 1.807) is 66.8 Å². The van der Waals surface area contributed by atoms with Crippen molar-refractivity contribution in [1.82, 2.24) is 0 Å². The van der Waals surface area contributed by atoms with Gasteiger partial charge >= 0.3 is 42.2 Å². The molecule has 2 saturated heterocycles. The second kappa shape index (κ2) is 41.1. The van der Waals surface area contributed by atoms with Crippen LogP contribution in [0.4, 0.5) is 47.3 Å². The molecule has 38 heteroatoms. The number of halogens is 7. The van der Waals surface area contributed by atoms with Gasteiger partial charge in [-0.3, -0.25) is 57.5 Å². The third kappa shape index (κ3) is 23.6. The summed E-state index contributed by atoms with van der Waals surface area (Å²) >= 11 is 11.0. The van der Waals surface area contributed by atoms with Crippen LogP contribution in [-0.2, 0) is 77.0 Å². The van der Waals surface area contributed by atoms with Crippen molar-refractivity contribution < 1.29 is 124 Å². The maximum absolute atomic E-state index is 12.5. The molecule has 3 saturated carbocycles. The smallest absolute Gasteiger partial charge is 0.481 e. The van der Waals surface area contributed by atoms with Gasteiger partial charge in [0.15, 0.2) is 0 Å². The molecule has 0 radical (unpaired) electrons. The van der Waals surface area contributed by atoms with Crippen molar-refractivity contribution in [2.75, 3.05) is 31.9 Å². The van der Waals surface area contributed by atoms with Crippen LogP contribution in [-0.4, -0.2) is 141 Å². The normalized spacial score (nSPS) is 28.3. The highest BCUT2D eigenvalue weighted by molar-refractivity contribution is 14.1. The fourth-order valence-corrected chi connectivity index (χ4v) is 19.7. The number of amides is 6. The maximum Gasteiger partial charge on any atom is 0.573 e. The van der Waals surface area contributed by atoms with E-state index in [1.165, 1.54) is 36.4 Å². The van der Waals surface area contributed by atoms with Gasteiger partial charge in [0.2, 0.25) is 45.5 Å². The van der Waals surface area contributed by atoms with Gasteiger partial charge < -0.3 is 76.8 Å². The first-order chi connectivity index (χ1) is 60.2. The Kier molecular flexibility index (Phi) is 30.9. The molecule has 4 aliphatic heterocycles. The van der Waals surface area contributed by atoms with E-state index in [9.17, 15) is 110 Å². The molecular formula is C89H84Br2F3I2N7O23S. The molecule has 7 aliphatic carbocycles. The third-order valence-corrected chi connectivity index (χ3v) is 27.2. The van der Waals surface area contributed by atoms with Crippen LogP contribution in [0.5, 0.6) is 5.75 Å². The van der Waals surface area contributed by atoms with Gasteiger partial charge in [0.1, 0.15) is 17.6 Å². The second-order valence-corrected chi connectivity index (χ2v) is 37.7. The molecule has 668 valence electrons. The van der Waals surface area contributed by atoms with E-state index in [0.29, 0.717) is 41.3 Å². The number of hydrogen-bond acceptors (Lipinski definition) is 17. The molecule has 4 heterocycles. The lowest BCUT2D eigenvalue weighted by atomic mass is 9.79. The third-order valence-electron chi connectivity index (χ3n) is 23.8. The number of carbonyl (C=O) groups excluding carboxylic acids is 6. The average Bonchev–Trinajstić information content (AvgIpc) is 1.64. The topological polar surface area (TPSA) is 486 Å². The number of ether oxygens (including phenoxy) is 3. The van der Waals surface area contributed by atoms with Crippen molar-refractivity contribution in [3.8, 4) is 5.75 Å². The van der Waals surface area contributed by atoms with Crippen LogP contribution in [0.3, 0.4) is 0 Å². The lowest BCUT2D eigenvalue weighted by Crippen LogP contribution is -2.39. The number of alkyl halides is 3. The summed E-state index contributed by atoms with van der Waals surface area (Å²) in [5, 5.41) is 77.2. The van der Waals surface area contributed by atoms with Gasteiger partial charge in [-0.05, 0) is 265 Å². The predicted octanol–water partition coefficient (Wildman–Crippen LogP) is 14.0. The molecule has 30 nitrogen and oxygen atoms in total. The van der Waals surface area contributed by atoms with Gasteiger partial charge in [-0.2, -0.15) is 0 Å². The van der Waals surface area contributed by atoms with Crippen molar-refractivity contribution in [3.05, 3.63) is 234 Å². The standard InChI is InChI=1S/C16H16F3NO4.C15H14BrNO3.C15H14INO3.C15H16N2O5S.C14H12BrNO4.C14H12INO4/c1-9-2-7-12(15(22)23)13(8-9)14(21)20-10-3-5-11(6-4-10)24-16(17,18)19;2*16-10-3-5-11(6-4-10)17-14(18)12-8-1-2-9(7-8)13(12)15(19)20;16-23(21,22)11-5-3-10(4-6-11)17-14(18)12-8-1-2-9(7-8)13(12)15(19)20;2*15-7-1-3-8(4-2-7)16-13(17)11-9-5-6-10(20-9)12(11)14(18)19/h2-6,12-13H,7-8H2,1H3,(H,20,21)(H,22,23);2*1-6,8-9,12-13H,7H2,(H,17,18)(H,19,20);1-6,8-9,12-13H,7H2,(H,17,18)(H,19,20)(H2,16,21,22);2*1-6,9-12H,(H,16,17)(H,18,19). The lowest BCUT2D eigenvalue weighted by molar-refractivity contribution is -0.274. The van der Waals surface area contributed by atoms with Gasteiger partial charge in [-0.15, -0.1) is 13.2 Å². The van der Waals surface area contributed by atoms with Crippen LogP contribution < -0.4 is 41.8 Å². The molecule has 127 heavy (non-hydrogen) atoms. The first-order valence-corrected chi connectivity index (χ1v) is 45.1. The number of aliphatic carboxylic acids is 6. The Morgan fingerprint density at radius 3 is 0.937 bits per heavy atom. The van der Waals surface area contributed by atoms with Crippen LogP contribution in [0.1, 0.15) is 39.0 Å². The molecule has 11 aliphatic rings. The number of anilines is 6. The number of nitrogens with two attached hydrogens (primary N) is 1. The predicted molar refractivity (Wildman–Crippen MR) is 478 cm³/mol. The Bertz CT molecular complexity index is 5100. The minimum absolute atomic E-state index is 0.00170. The van der Waals surface area contributed by atoms with E-state index in [1.807, 2.05) is 104 Å². The van der Waals surface area contributed by atoms with Crippen LogP contribution in [0.2, 0.25) is 0 Å². The summed E-state index contributed by atoms with van der Waals surface area (Å²) in [5.74, 6) is -16.0. The zero-order chi connectivity index (χ0) is 91.8. The Balaban J connectivity index is 0.000000139. The molecule has 22 atom stereocenters. The number of benzene rings is 6. The fraction of sp³-hybridized carbons (Fsp3) is 0.326. The SMILES string of the molecule is CC1=CCC(C(=O)O)C(C(=O)Nc2ccc(OC(F)(F)F)cc2)C1.NS(=O)(=O)c1ccc(NC(=O)C2C3C=CC(C3)C2C(=O)O)cc1.O=C(O)C1C2C=CC(C2)C1C(=O)Nc1ccc(Br)cc1.O=C(O)C1C2C=CC(C2)C1C(=O)Nc1ccc(I)cc1.O=C(O)C1C2C=CC(O2)C1C(=O)Nc1ccc(Br)cc1.O=C(O)C1C2C=CC(O2)C1C(=O)Nc1ccc(I)cc1. The Morgan fingerprint density at radius 1 is 0.378 bits per heavy atom. The molecule has 14 N–H and O–H groups in total. The van der Waals surface area contributed by atoms with Crippen molar-refractivity contribution in [1.29, 1.82) is 0 Å². The van der Waals surface area contributed by atoms with Crippen LogP contribution in [0.25, 0.3) is 0 Å². The Hall–Kier alpha value is -10.8. The number of carboxylic acids is 6. The second-order valence-electron chi connectivity index (χ2n) is 31.8. The number of carbonyl (C=O) groups is 12. The fourth-order valence-electron chi connectivity index (χ4n) is 18.0. The van der Waals surface area contributed by atoms with Crippen molar-refractivity contribution in [3.63, 3.8) is 0 Å². The average molecular weight is 2120 g/mol. The number of fused-ring (bicyclic) bond motifs is 10. The van der Waals surface area contributed by atoms with Gasteiger partial charge in [0, 0.05) is 50.2 Å². The highest BCUT2D eigenvalue weighted by Crippen LogP contribution is 2.52. The summed E-state index contributed by atoms with van der Waals surface area (Å²) in [6.07, 6.45) is 16.5. The Morgan fingerprint density at radius 2 is 0.646 bits per heavy atom. The van der Waals surface area contributed by atoms with Crippen molar-refractivity contribution in [2.24, 2.45) is 112 Å². The van der Waals surface area contributed by atoms with Crippen molar-refractivity contribution >= 4 is 192 Å². The summed E-state index contributed by atoms with van der Waals surface area (Å²) in [6, 6.07) is 39.3. The molecule has 17 rings (SSSR count). The molecule has 10 bridgehead atoms. The zero-order valence-corrected chi connectivity index (χ0v) is 75.0. The molecule has 6 aromatic rings. The number of hydrogen-bond donors (Lipinski definition) is 13. The summed E-state index contributed by atoms with van der Waals surface area (Å²) < 4.78 is 77.4. The van der Waals surface area contributed by atoms with Gasteiger partial charge in [-0.1, -0.05) is 104 Å². The molecule has 0 aromatic heterocycles. The molecule has 6 aromatic carbocycles. The number of rotatable bonds is 20. The van der Waals surface area contributed by atoms with Gasteiger partial charge in [0.05, 0.1) is 88.5 Å². The highest BCUT2D eigenvalue weighted by Gasteiger charge is 2.57. The number of nitrogens with one attached hydrogen (secondary N) is 6. The van der Waals surface area contributed by atoms with Crippen LogP contribution in [0.15, 0.2) is 232 Å². The first-order valence-electron chi connectivity index (χ1n) is 39.8. The largest absolute Gasteiger partial charge is 0.573 e. The van der Waals surface area contributed by atoms with E-state index >= 15 is 0 Å². The van der Waals surface area contributed by atoms with Gasteiger partial charge in [-0.25, -0.2) is 13.6 Å². The van der Waals surface area contributed by atoms with E-state index < -0.39 is 159 Å². The molecular weight excluding hydrogens is 2040 g/mol. The molecule has 6 amide bonds. The van der Waals surface area contributed by atoms with Gasteiger partial charge in [0.25, 0.3) is 0 Å². The monoisotopic (exact) mass is 2120 g/mol. The van der Waals surface area contributed by atoms with E-state index in [-0.39, 0.29) is 82.0 Å². The van der Waals surface area contributed by atoms with E-state index in [0.717, 1.165) is 46.6 Å². The lowest BCUT2D eigenvalue weighted by Gasteiger charge is -2.26.